The minimum absolute atomic E-state index is 0.669. The summed E-state index contributed by atoms with van der Waals surface area (Å²) in [5.41, 5.74) is 5.63. The number of aromatic nitrogens is 1. The van der Waals surface area contributed by atoms with Crippen LogP contribution in [0.3, 0.4) is 0 Å². The minimum atomic E-state index is 0.669. The van der Waals surface area contributed by atoms with Crippen LogP contribution in [0.25, 0.3) is 22.4 Å². The van der Waals surface area contributed by atoms with Crippen LogP contribution in [0.1, 0.15) is 20.7 Å². The molecular weight excluding hydrogens is 274 g/mol. The van der Waals surface area contributed by atoms with E-state index in [9.17, 15) is 9.59 Å². The minimum Gasteiger partial charge on any atom is -0.350 e. The van der Waals surface area contributed by atoms with Crippen molar-refractivity contribution < 1.29 is 9.59 Å². The molecule has 0 saturated carbocycles. The summed E-state index contributed by atoms with van der Waals surface area (Å²) in [7, 11) is 1.99. The third kappa shape index (κ3) is 2.61. The molecule has 3 rings (SSSR count). The Morgan fingerprint density at radius 3 is 1.73 bits per heavy atom. The summed E-state index contributed by atoms with van der Waals surface area (Å²) in [6.45, 7) is 0. The van der Waals surface area contributed by atoms with Gasteiger partial charge in [0.25, 0.3) is 0 Å². The van der Waals surface area contributed by atoms with Crippen LogP contribution in [0, 0.1) is 0 Å². The molecule has 0 radical (unpaired) electrons. The first-order chi connectivity index (χ1) is 10.7. The van der Waals surface area contributed by atoms with Crippen LogP contribution >= 0.6 is 0 Å². The number of nitrogens with zero attached hydrogens (tertiary/aromatic N) is 1. The van der Waals surface area contributed by atoms with E-state index in [1.54, 1.807) is 0 Å². The van der Waals surface area contributed by atoms with Gasteiger partial charge in [0.15, 0.2) is 0 Å². The topological polar surface area (TPSA) is 39.1 Å². The fourth-order valence-electron chi connectivity index (χ4n) is 2.50. The maximum atomic E-state index is 10.7. The number of aryl methyl sites for hydroxylation is 1. The van der Waals surface area contributed by atoms with Gasteiger partial charge in [0.2, 0.25) is 0 Å². The first kappa shape index (κ1) is 14.0. The average molecular weight is 289 g/mol. The average Bonchev–Trinajstić information content (AvgIpc) is 2.97. The molecule has 3 aromatic rings. The highest BCUT2D eigenvalue weighted by Crippen LogP contribution is 2.28. The molecular formula is C19H15NO2. The van der Waals surface area contributed by atoms with Crippen molar-refractivity contribution in [3.8, 4) is 22.4 Å². The zero-order valence-corrected chi connectivity index (χ0v) is 12.2. The van der Waals surface area contributed by atoms with Crippen LogP contribution < -0.4 is 0 Å². The maximum absolute atomic E-state index is 10.7. The molecule has 0 atom stereocenters. The first-order valence-corrected chi connectivity index (χ1v) is 6.99. The Bertz CT molecular complexity index is 812. The molecule has 0 aliphatic rings. The van der Waals surface area contributed by atoms with Crippen LogP contribution in [0.5, 0.6) is 0 Å². The lowest BCUT2D eigenvalue weighted by atomic mass is 10.1. The number of rotatable bonds is 4. The second-order valence-corrected chi connectivity index (χ2v) is 5.20. The fourth-order valence-corrected chi connectivity index (χ4v) is 2.50. The highest BCUT2D eigenvalue weighted by Gasteiger charge is 2.07. The zero-order chi connectivity index (χ0) is 15.5. The Morgan fingerprint density at radius 2 is 1.23 bits per heavy atom. The van der Waals surface area contributed by atoms with E-state index in [1.165, 1.54) is 0 Å². The molecule has 0 N–H and O–H groups in total. The smallest absolute Gasteiger partial charge is 0.150 e. The standard InChI is InChI=1S/C19H15NO2/c1-20-11-18(16-6-2-14(12-21)3-7-16)10-19(20)17-8-4-15(13-22)5-9-17/h2-13H,1H3. The van der Waals surface area contributed by atoms with Crippen molar-refractivity contribution in [1.29, 1.82) is 0 Å². The molecule has 108 valence electrons. The van der Waals surface area contributed by atoms with E-state index in [0.29, 0.717) is 11.1 Å². The van der Waals surface area contributed by atoms with Crippen LogP contribution in [0.15, 0.2) is 60.8 Å². The van der Waals surface area contributed by atoms with E-state index in [4.69, 9.17) is 0 Å². The Balaban J connectivity index is 1.98. The molecule has 3 nitrogen and oxygen atoms in total. The molecule has 0 aliphatic heterocycles. The first-order valence-electron chi connectivity index (χ1n) is 6.99. The fraction of sp³-hybridized carbons (Fsp3) is 0.0526. The monoisotopic (exact) mass is 289 g/mol. The second kappa shape index (κ2) is 5.82. The zero-order valence-electron chi connectivity index (χ0n) is 12.2. The number of hydrogen-bond donors (Lipinski definition) is 0. The molecule has 0 aliphatic carbocycles. The predicted molar refractivity (Wildman–Crippen MR) is 87.1 cm³/mol. The Labute approximate surface area is 128 Å². The van der Waals surface area contributed by atoms with Crippen LogP contribution in [-0.2, 0) is 7.05 Å². The van der Waals surface area contributed by atoms with E-state index in [0.717, 1.165) is 35.0 Å². The summed E-state index contributed by atoms with van der Waals surface area (Å²) < 4.78 is 2.05. The molecule has 2 aromatic carbocycles. The number of aldehydes is 2. The summed E-state index contributed by atoms with van der Waals surface area (Å²) in [6, 6.07) is 17.1. The number of carbonyl (C=O) groups is 2. The molecule has 22 heavy (non-hydrogen) atoms. The molecule has 0 bridgehead atoms. The molecule has 0 unspecified atom stereocenters. The number of hydrogen-bond acceptors (Lipinski definition) is 2. The van der Waals surface area contributed by atoms with Crippen molar-refractivity contribution in [2.24, 2.45) is 7.05 Å². The summed E-state index contributed by atoms with van der Waals surface area (Å²) in [5, 5.41) is 0. The van der Waals surface area contributed by atoms with Gasteiger partial charge in [-0.1, -0.05) is 48.5 Å². The highest BCUT2D eigenvalue weighted by atomic mass is 16.1. The van der Waals surface area contributed by atoms with Crippen LogP contribution in [0.4, 0.5) is 0 Å². The third-order valence-electron chi connectivity index (χ3n) is 3.73. The van der Waals surface area contributed by atoms with Crippen molar-refractivity contribution in [2.75, 3.05) is 0 Å². The molecule has 0 saturated heterocycles. The van der Waals surface area contributed by atoms with E-state index in [1.807, 2.05) is 55.6 Å². The molecule has 0 amide bonds. The van der Waals surface area contributed by atoms with Crippen molar-refractivity contribution in [1.82, 2.24) is 4.57 Å². The van der Waals surface area contributed by atoms with Gasteiger partial charge >= 0.3 is 0 Å². The summed E-state index contributed by atoms with van der Waals surface area (Å²) >= 11 is 0. The van der Waals surface area contributed by atoms with E-state index < -0.39 is 0 Å². The molecule has 0 fully saturated rings. The third-order valence-corrected chi connectivity index (χ3v) is 3.73. The SMILES string of the molecule is Cn1cc(-c2ccc(C=O)cc2)cc1-c1ccc(C=O)cc1. The van der Waals surface area contributed by atoms with Crippen molar-refractivity contribution >= 4 is 12.6 Å². The van der Waals surface area contributed by atoms with Gasteiger partial charge in [-0.15, -0.1) is 0 Å². The second-order valence-electron chi connectivity index (χ2n) is 5.20. The number of benzene rings is 2. The van der Waals surface area contributed by atoms with Gasteiger partial charge in [0.05, 0.1) is 0 Å². The highest BCUT2D eigenvalue weighted by molar-refractivity contribution is 5.79. The summed E-state index contributed by atoms with van der Waals surface area (Å²) in [4.78, 5) is 21.5. The van der Waals surface area contributed by atoms with E-state index in [-0.39, 0.29) is 0 Å². The quantitative estimate of drug-likeness (QED) is 0.681. The maximum Gasteiger partial charge on any atom is 0.150 e. The van der Waals surface area contributed by atoms with E-state index in [2.05, 4.69) is 16.8 Å². The van der Waals surface area contributed by atoms with Crippen LogP contribution in [0.2, 0.25) is 0 Å². The number of carbonyl (C=O) groups excluding carboxylic acids is 2. The van der Waals surface area contributed by atoms with Crippen molar-refractivity contribution in [3.05, 3.63) is 71.9 Å². The Morgan fingerprint density at radius 1 is 0.727 bits per heavy atom. The van der Waals surface area contributed by atoms with Gasteiger partial charge in [-0.3, -0.25) is 9.59 Å². The van der Waals surface area contributed by atoms with Gasteiger partial charge in [-0.25, -0.2) is 0 Å². The molecule has 1 aromatic heterocycles. The van der Waals surface area contributed by atoms with Crippen LogP contribution in [-0.4, -0.2) is 17.1 Å². The lowest BCUT2D eigenvalue weighted by Gasteiger charge is -2.02. The Kier molecular flexibility index (Phi) is 3.71. The molecule has 1 heterocycles. The molecule has 3 heteroatoms. The summed E-state index contributed by atoms with van der Waals surface area (Å²) in [6.07, 6.45) is 3.74. The van der Waals surface area contributed by atoms with Gasteiger partial charge in [0.1, 0.15) is 12.6 Å². The lowest BCUT2D eigenvalue weighted by Crippen LogP contribution is -1.89. The summed E-state index contributed by atoms with van der Waals surface area (Å²) in [5.74, 6) is 0. The van der Waals surface area contributed by atoms with Gasteiger partial charge in [-0.2, -0.15) is 0 Å². The lowest BCUT2D eigenvalue weighted by molar-refractivity contribution is 0.111. The van der Waals surface area contributed by atoms with Crippen molar-refractivity contribution in [2.45, 2.75) is 0 Å². The Hall–Kier alpha value is -2.94. The van der Waals surface area contributed by atoms with Crippen molar-refractivity contribution in [3.63, 3.8) is 0 Å². The van der Waals surface area contributed by atoms with Gasteiger partial charge in [0, 0.05) is 30.1 Å². The van der Waals surface area contributed by atoms with Gasteiger partial charge < -0.3 is 4.57 Å². The van der Waals surface area contributed by atoms with E-state index >= 15 is 0 Å². The predicted octanol–water partition coefficient (Wildman–Crippen LogP) is 3.98. The largest absolute Gasteiger partial charge is 0.350 e. The molecule has 0 spiro atoms. The normalized spacial score (nSPS) is 10.4. The van der Waals surface area contributed by atoms with Gasteiger partial charge in [-0.05, 0) is 22.8 Å².